The Morgan fingerprint density at radius 2 is 1.45 bits per heavy atom. The van der Waals surface area contributed by atoms with E-state index in [1.165, 1.54) is 0 Å². The summed E-state index contributed by atoms with van der Waals surface area (Å²) < 4.78 is 99.3. The van der Waals surface area contributed by atoms with Crippen LogP contribution >= 0.6 is 11.6 Å². The van der Waals surface area contributed by atoms with Crippen LogP contribution < -0.4 is 5.73 Å². The van der Waals surface area contributed by atoms with E-state index in [1.54, 1.807) is 0 Å². The number of alkyl halides is 8. The van der Waals surface area contributed by atoms with E-state index >= 15 is 0 Å². The molecule has 10 heteroatoms. The van der Waals surface area contributed by atoms with Crippen molar-refractivity contribution in [3.8, 4) is 0 Å². The van der Waals surface area contributed by atoms with E-state index in [2.05, 4.69) is 0 Å². The van der Waals surface area contributed by atoms with Crippen molar-refractivity contribution < 1.29 is 35.1 Å². The van der Waals surface area contributed by atoms with E-state index in [0.717, 1.165) is 0 Å². The van der Waals surface area contributed by atoms with Gasteiger partial charge in [-0.3, -0.25) is 0 Å². The topological polar surface area (TPSA) is 26.0 Å². The summed E-state index contributed by atoms with van der Waals surface area (Å²) in [6, 6.07) is -1.79. The van der Waals surface area contributed by atoms with Crippen molar-refractivity contribution in [3.63, 3.8) is 0 Å². The quantitative estimate of drug-likeness (QED) is 0.792. The van der Waals surface area contributed by atoms with Gasteiger partial charge in [0.2, 0.25) is 0 Å². The molecule has 1 rings (SSSR count). The first-order chi connectivity index (χ1) is 8.78. The fourth-order valence-electron chi connectivity index (χ4n) is 1.34. The van der Waals surface area contributed by atoms with Gasteiger partial charge < -0.3 is 5.73 Å². The Morgan fingerprint density at radius 1 is 0.950 bits per heavy atom. The van der Waals surface area contributed by atoms with Crippen molar-refractivity contribution in [2.45, 2.75) is 24.3 Å². The summed E-state index contributed by atoms with van der Waals surface area (Å²) in [5, 5.41) is -1.01. The second kappa shape index (κ2) is 5.03. The normalized spacial score (nSPS) is 15.3. The predicted molar refractivity (Wildman–Crippen MR) is 54.4 cm³/mol. The number of rotatable bonds is 2. The zero-order valence-corrected chi connectivity index (χ0v) is 10.0. The Balaban J connectivity index is 3.21. The van der Waals surface area contributed by atoms with Gasteiger partial charge in [-0.05, 0) is 17.7 Å². The molecule has 0 spiro atoms. The van der Waals surface area contributed by atoms with Crippen molar-refractivity contribution >= 4 is 11.6 Å². The van der Waals surface area contributed by atoms with Crippen LogP contribution in [0.5, 0.6) is 0 Å². The van der Waals surface area contributed by atoms with Crippen LogP contribution in [0, 0.1) is 0 Å². The van der Waals surface area contributed by atoms with Crippen LogP contribution in [-0.4, -0.2) is 12.1 Å². The summed E-state index contributed by atoms with van der Waals surface area (Å²) in [6.07, 6.45) is -10.8. The molecule has 0 bridgehead atoms. The molecule has 2 N–H and O–H groups in total. The lowest BCUT2D eigenvalue weighted by molar-refractivity contribution is -0.291. The molecule has 114 valence electrons. The van der Waals surface area contributed by atoms with Crippen molar-refractivity contribution in [3.05, 3.63) is 34.3 Å². The maximum absolute atomic E-state index is 13.0. The van der Waals surface area contributed by atoms with Crippen LogP contribution in [0.4, 0.5) is 35.1 Å². The maximum Gasteiger partial charge on any atom is 0.455 e. The minimum Gasteiger partial charge on any atom is -0.319 e. The minimum atomic E-state index is -5.93. The molecule has 0 unspecified atom stereocenters. The van der Waals surface area contributed by atoms with Gasteiger partial charge >= 0.3 is 18.3 Å². The van der Waals surface area contributed by atoms with Crippen LogP contribution in [0.1, 0.15) is 17.2 Å². The Hall–Kier alpha value is -1.09. The van der Waals surface area contributed by atoms with E-state index in [0.29, 0.717) is 18.2 Å². The molecule has 0 heterocycles. The number of hydrogen-bond donors (Lipinski definition) is 1. The molecule has 0 aliphatic carbocycles. The average molecular weight is 328 g/mol. The van der Waals surface area contributed by atoms with Gasteiger partial charge in [-0.2, -0.15) is 35.1 Å². The van der Waals surface area contributed by atoms with Gasteiger partial charge in [-0.25, -0.2) is 0 Å². The van der Waals surface area contributed by atoms with Gasteiger partial charge in [0.25, 0.3) is 0 Å². The largest absolute Gasteiger partial charge is 0.455 e. The minimum absolute atomic E-state index is 0.296. The van der Waals surface area contributed by atoms with Gasteiger partial charge in [0, 0.05) is 0 Å². The molecular formula is C10H6ClF8N. The summed E-state index contributed by atoms with van der Waals surface area (Å²) in [5.41, 5.74) is 2.56. The smallest absolute Gasteiger partial charge is 0.319 e. The highest BCUT2D eigenvalue weighted by atomic mass is 35.5. The molecule has 1 aromatic carbocycles. The third-order valence-corrected chi connectivity index (χ3v) is 2.74. The average Bonchev–Trinajstić information content (AvgIpc) is 2.24. The zero-order valence-electron chi connectivity index (χ0n) is 9.29. The van der Waals surface area contributed by atoms with Gasteiger partial charge in [0.15, 0.2) is 0 Å². The predicted octanol–water partition coefficient (Wildman–Crippen LogP) is 4.56. The van der Waals surface area contributed by atoms with Crippen molar-refractivity contribution in [1.82, 2.24) is 0 Å². The van der Waals surface area contributed by atoms with E-state index in [1.807, 2.05) is 0 Å². The lowest BCUT2D eigenvalue weighted by Gasteiger charge is -2.26. The number of hydrogen-bond acceptors (Lipinski definition) is 1. The number of halogens is 9. The molecule has 0 aromatic heterocycles. The number of nitrogens with two attached hydrogens (primary N) is 1. The Bertz CT molecular complexity index is 493. The summed E-state index contributed by atoms with van der Waals surface area (Å²) in [5.74, 6) is -5.30. The molecule has 0 saturated carbocycles. The lowest BCUT2D eigenvalue weighted by atomic mass is 9.99. The zero-order chi connectivity index (χ0) is 15.9. The molecular weight excluding hydrogens is 322 g/mol. The molecule has 1 aromatic rings. The summed E-state index contributed by atoms with van der Waals surface area (Å²) in [4.78, 5) is 0. The molecule has 0 fully saturated rings. The van der Waals surface area contributed by atoms with E-state index in [-0.39, 0.29) is 0 Å². The first-order valence-corrected chi connectivity index (χ1v) is 5.23. The summed E-state index contributed by atoms with van der Waals surface area (Å²) in [7, 11) is 0. The molecule has 0 aliphatic rings. The summed E-state index contributed by atoms with van der Waals surface area (Å²) >= 11 is 5.22. The van der Waals surface area contributed by atoms with Crippen molar-refractivity contribution in [2.24, 2.45) is 5.73 Å². The fourth-order valence-corrected chi connectivity index (χ4v) is 1.64. The molecule has 20 heavy (non-hydrogen) atoms. The highest BCUT2D eigenvalue weighted by Gasteiger charge is 2.61. The molecule has 1 nitrogen and oxygen atoms in total. The van der Waals surface area contributed by atoms with Crippen molar-refractivity contribution in [2.75, 3.05) is 0 Å². The maximum atomic E-state index is 13.0. The van der Waals surface area contributed by atoms with Crippen molar-refractivity contribution in [1.29, 1.82) is 0 Å². The van der Waals surface area contributed by atoms with E-state index in [4.69, 9.17) is 17.3 Å². The molecule has 0 amide bonds. The van der Waals surface area contributed by atoms with Gasteiger partial charge in [0.1, 0.15) is 6.04 Å². The van der Waals surface area contributed by atoms with E-state index < -0.39 is 40.5 Å². The highest BCUT2D eigenvalue weighted by Crippen LogP contribution is 2.44. The first kappa shape index (κ1) is 17.0. The fraction of sp³-hybridized carbons (Fsp3) is 0.400. The summed E-state index contributed by atoms with van der Waals surface area (Å²) in [6.45, 7) is 0. The molecule has 1 atom stereocenters. The standard InChI is InChI=1S/C10H6ClF8N/c11-6-3-4(1-2-5(6)9(14,15)16)7(20)8(12,13)10(17,18)19/h1-3,7H,20H2/t7-/m0/s1. The Labute approximate surface area is 112 Å². The second-order valence-electron chi connectivity index (χ2n) is 3.84. The third kappa shape index (κ3) is 3.14. The van der Waals surface area contributed by atoms with Crippen LogP contribution in [-0.2, 0) is 6.18 Å². The Kier molecular flexibility index (Phi) is 4.27. The lowest BCUT2D eigenvalue weighted by Crippen LogP contribution is -2.45. The monoisotopic (exact) mass is 327 g/mol. The molecule has 0 saturated heterocycles. The van der Waals surface area contributed by atoms with Gasteiger partial charge in [0.05, 0.1) is 10.6 Å². The van der Waals surface area contributed by atoms with Crippen LogP contribution in [0.25, 0.3) is 0 Å². The third-order valence-electron chi connectivity index (χ3n) is 2.43. The van der Waals surface area contributed by atoms with Crippen LogP contribution in [0.3, 0.4) is 0 Å². The second-order valence-corrected chi connectivity index (χ2v) is 4.24. The molecule has 0 radical (unpaired) electrons. The molecule has 0 aliphatic heterocycles. The van der Waals surface area contributed by atoms with Gasteiger partial charge in [-0.1, -0.05) is 17.7 Å². The van der Waals surface area contributed by atoms with E-state index in [9.17, 15) is 35.1 Å². The first-order valence-electron chi connectivity index (χ1n) is 4.85. The van der Waals surface area contributed by atoms with Gasteiger partial charge in [-0.15, -0.1) is 0 Å². The SMILES string of the molecule is N[C@@H](c1ccc(C(F)(F)F)c(Cl)c1)C(F)(F)C(F)(F)F. The Morgan fingerprint density at radius 3 is 1.80 bits per heavy atom. The van der Waals surface area contributed by atoms with Crippen LogP contribution in [0.2, 0.25) is 5.02 Å². The van der Waals surface area contributed by atoms with Crippen LogP contribution in [0.15, 0.2) is 18.2 Å². The highest BCUT2D eigenvalue weighted by molar-refractivity contribution is 6.31. The number of benzene rings is 1.